The molecule has 0 N–H and O–H groups in total. The topological polar surface area (TPSA) is 29.4 Å². The minimum atomic E-state index is -0.126. The molecule has 0 atom stereocenters. The fraction of sp³-hybridized carbons (Fsp3) is 0.125. The van der Waals surface area contributed by atoms with Gasteiger partial charge in [0.1, 0.15) is 0 Å². The van der Waals surface area contributed by atoms with Crippen LogP contribution in [0.15, 0.2) is 53.5 Å². The predicted octanol–water partition coefficient (Wildman–Crippen LogP) is 3.18. The van der Waals surface area contributed by atoms with E-state index in [9.17, 15) is 4.79 Å². The van der Waals surface area contributed by atoms with Gasteiger partial charge in [0.25, 0.3) is 5.91 Å². The van der Waals surface area contributed by atoms with E-state index in [1.54, 1.807) is 0 Å². The van der Waals surface area contributed by atoms with Crippen LogP contribution in [0.1, 0.15) is 27.0 Å². The Bertz CT molecular complexity index is 641. The summed E-state index contributed by atoms with van der Waals surface area (Å²) in [4.78, 5) is 16.2. The first-order valence-corrected chi connectivity index (χ1v) is 6.01. The van der Waals surface area contributed by atoms with Gasteiger partial charge >= 0.3 is 0 Å². The van der Waals surface area contributed by atoms with Crippen LogP contribution >= 0.6 is 0 Å². The van der Waals surface area contributed by atoms with Gasteiger partial charge in [0.05, 0.1) is 5.71 Å². The molecule has 0 aromatic heterocycles. The predicted molar refractivity (Wildman–Crippen MR) is 72.2 cm³/mol. The standard InChI is InChI=1S/C16H13NO/c1-11-6-5-9-13-14(11)10-15(17-16(13)18)12-7-3-2-4-8-12/h2-9H,10H2,1H3. The van der Waals surface area contributed by atoms with Crippen LogP contribution in [-0.4, -0.2) is 11.6 Å². The van der Waals surface area contributed by atoms with Crippen molar-refractivity contribution in [2.75, 3.05) is 0 Å². The average molecular weight is 235 g/mol. The molecule has 0 bridgehead atoms. The SMILES string of the molecule is Cc1cccc2c1CC(c1ccccc1)=NC2=O. The number of carbonyl (C=O) groups excluding carboxylic acids is 1. The van der Waals surface area contributed by atoms with E-state index in [1.807, 2.05) is 55.5 Å². The molecule has 0 fully saturated rings. The number of benzene rings is 2. The van der Waals surface area contributed by atoms with E-state index in [0.717, 1.165) is 34.4 Å². The molecule has 0 unspecified atom stereocenters. The second-order valence-electron chi connectivity index (χ2n) is 4.51. The third-order valence-corrected chi connectivity index (χ3v) is 3.33. The van der Waals surface area contributed by atoms with Crippen molar-refractivity contribution in [2.24, 2.45) is 4.99 Å². The van der Waals surface area contributed by atoms with Crippen LogP contribution in [0.25, 0.3) is 0 Å². The van der Waals surface area contributed by atoms with E-state index in [-0.39, 0.29) is 5.91 Å². The largest absolute Gasteiger partial charge is 0.277 e. The van der Waals surface area contributed by atoms with Crippen molar-refractivity contribution in [3.8, 4) is 0 Å². The van der Waals surface area contributed by atoms with Crippen LogP contribution in [0.4, 0.5) is 0 Å². The molecule has 0 saturated heterocycles. The van der Waals surface area contributed by atoms with E-state index in [0.29, 0.717) is 0 Å². The van der Waals surface area contributed by atoms with Gasteiger partial charge < -0.3 is 0 Å². The first-order chi connectivity index (χ1) is 8.75. The highest BCUT2D eigenvalue weighted by Gasteiger charge is 2.21. The number of carbonyl (C=O) groups is 1. The molecular weight excluding hydrogens is 222 g/mol. The summed E-state index contributed by atoms with van der Waals surface area (Å²) in [5.41, 5.74) is 4.90. The smallest absolute Gasteiger partial charge is 0.267 e. The molecule has 18 heavy (non-hydrogen) atoms. The number of rotatable bonds is 1. The minimum absolute atomic E-state index is 0.126. The van der Waals surface area contributed by atoms with Crippen LogP contribution in [0.5, 0.6) is 0 Å². The lowest BCUT2D eigenvalue weighted by Crippen LogP contribution is -2.18. The number of nitrogens with zero attached hydrogens (tertiary/aromatic N) is 1. The summed E-state index contributed by atoms with van der Waals surface area (Å²) < 4.78 is 0. The highest BCUT2D eigenvalue weighted by atomic mass is 16.1. The zero-order valence-corrected chi connectivity index (χ0v) is 10.2. The maximum absolute atomic E-state index is 12.0. The molecule has 2 heteroatoms. The van der Waals surface area contributed by atoms with Crippen LogP contribution in [0, 0.1) is 6.92 Å². The zero-order chi connectivity index (χ0) is 12.5. The molecular formula is C16H13NO. The van der Waals surface area contributed by atoms with Crippen LogP contribution in [-0.2, 0) is 6.42 Å². The first-order valence-electron chi connectivity index (χ1n) is 6.01. The summed E-state index contributed by atoms with van der Waals surface area (Å²) in [6.45, 7) is 2.04. The van der Waals surface area contributed by atoms with Crippen molar-refractivity contribution >= 4 is 11.6 Å². The molecule has 1 heterocycles. The Kier molecular flexibility index (Phi) is 2.56. The number of amides is 1. The van der Waals surface area contributed by atoms with Gasteiger partial charge in [-0.2, -0.15) is 0 Å². The van der Waals surface area contributed by atoms with Gasteiger partial charge in [0.15, 0.2) is 0 Å². The lowest BCUT2D eigenvalue weighted by molar-refractivity contribution is 0.1000. The van der Waals surface area contributed by atoms with Crippen molar-refractivity contribution in [3.05, 3.63) is 70.8 Å². The first kappa shape index (κ1) is 10.9. The van der Waals surface area contributed by atoms with Crippen LogP contribution < -0.4 is 0 Å². The quantitative estimate of drug-likeness (QED) is 0.746. The Morgan fingerprint density at radius 1 is 1.00 bits per heavy atom. The molecule has 0 radical (unpaired) electrons. The molecule has 88 valence electrons. The fourth-order valence-corrected chi connectivity index (χ4v) is 2.32. The fourth-order valence-electron chi connectivity index (χ4n) is 2.32. The molecule has 1 amide bonds. The summed E-state index contributed by atoms with van der Waals surface area (Å²) in [6.07, 6.45) is 0.734. The van der Waals surface area contributed by atoms with Gasteiger partial charge in [-0.05, 0) is 29.7 Å². The molecule has 3 rings (SSSR count). The van der Waals surface area contributed by atoms with Crippen molar-refractivity contribution in [1.29, 1.82) is 0 Å². The molecule has 2 nitrogen and oxygen atoms in total. The van der Waals surface area contributed by atoms with Crippen molar-refractivity contribution < 1.29 is 4.79 Å². The average Bonchev–Trinajstić information content (AvgIpc) is 2.41. The van der Waals surface area contributed by atoms with E-state index in [1.165, 1.54) is 0 Å². The Labute approximate surface area is 106 Å². The highest BCUT2D eigenvalue weighted by molar-refractivity contribution is 6.15. The van der Waals surface area contributed by atoms with Gasteiger partial charge in [-0.1, -0.05) is 42.5 Å². The Hall–Kier alpha value is -2.22. The Morgan fingerprint density at radius 2 is 1.78 bits per heavy atom. The number of hydrogen-bond acceptors (Lipinski definition) is 1. The molecule has 2 aromatic rings. The van der Waals surface area contributed by atoms with Gasteiger partial charge in [0, 0.05) is 12.0 Å². The number of aryl methyl sites for hydroxylation is 1. The van der Waals surface area contributed by atoms with Gasteiger partial charge in [-0.15, -0.1) is 0 Å². The van der Waals surface area contributed by atoms with E-state index in [2.05, 4.69) is 4.99 Å². The molecule has 0 saturated carbocycles. The van der Waals surface area contributed by atoms with E-state index >= 15 is 0 Å². The summed E-state index contributed by atoms with van der Waals surface area (Å²) >= 11 is 0. The maximum Gasteiger partial charge on any atom is 0.277 e. The number of aliphatic imine (C=N–C) groups is 1. The molecule has 0 aliphatic carbocycles. The Morgan fingerprint density at radius 3 is 2.56 bits per heavy atom. The lowest BCUT2D eigenvalue weighted by Gasteiger charge is -2.17. The van der Waals surface area contributed by atoms with Crippen molar-refractivity contribution in [3.63, 3.8) is 0 Å². The summed E-state index contributed by atoms with van der Waals surface area (Å²) in [5.74, 6) is -0.126. The molecule has 1 aliphatic rings. The third-order valence-electron chi connectivity index (χ3n) is 3.33. The van der Waals surface area contributed by atoms with E-state index in [4.69, 9.17) is 0 Å². The second kappa shape index (κ2) is 4.22. The summed E-state index contributed by atoms with van der Waals surface area (Å²) in [7, 11) is 0. The molecule has 0 spiro atoms. The maximum atomic E-state index is 12.0. The molecule has 2 aromatic carbocycles. The normalized spacial score (nSPS) is 14.1. The van der Waals surface area contributed by atoms with Gasteiger partial charge in [0.2, 0.25) is 0 Å². The van der Waals surface area contributed by atoms with Crippen molar-refractivity contribution in [2.45, 2.75) is 13.3 Å². The zero-order valence-electron chi connectivity index (χ0n) is 10.2. The van der Waals surface area contributed by atoms with Gasteiger partial charge in [-0.25, -0.2) is 4.99 Å². The summed E-state index contributed by atoms with van der Waals surface area (Å²) in [6, 6.07) is 15.7. The van der Waals surface area contributed by atoms with Crippen LogP contribution in [0.2, 0.25) is 0 Å². The molecule has 1 aliphatic heterocycles. The van der Waals surface area contributed by atoms with Crippen molar-refractivity contribution in [1.82, 2.24) is 0 Å². The highest BCUT2D eigenvalue weighted by Crippen LogP contribution is 2.22. The van der Waals surface area contributed by atoms with Crippen LogP contribution in [0.3, 0.4) is 0 Å². The summed E-state index contributed by atoms with van der Waals surface area (Å²) in [5, 5.41) is 0. The third kappa shape index (κ3) is 1.76. The monoisotopic (exact) mass is 235 g/mol. The van der Waals surface area contributed by atoms with E-state index < -0.39 is 0 Å². The second-order valence-corrected chi connectivity index (χ2v) is 4.51. The minimum Gasteiger partial charge on any atom is -0.267 e. The number of fused-ring (bicyclic) bond motifs is 1. The van der Waals surface area contributed by atoms with Gasteiger partial charge in [-0.3, -0.25) is 4.79 Å². The Balaban J connectivity index is 2.09. The lowest BCUT2D eigenvalue weighted by atomic mass is 9.91. The number of hydrogen-bond donors (Lipinski definition) is 0.